The van der Waals surface area contributed by atoms with E-state index in [9.17, 15) is 14.7 Å². The number of likely N-dealkylation sites (tertiary alicyclic amines) is 1. The zero-order valence-corrected chi connectivity index (χ0v) is 25.1. The number of benzene rings is 2. The molecule has 0 saturated carbocycles. The van der Waals surface area contributed by atoms with E-state index in [2.05, 4.69) is 25.7 Å². The highest BCUT2D eigenvalue weighted by atomic mass is 16.5. The molecule has 0 unspecified atom stereocenters. The summed E-state index contributed by atoms with van der Waals surface area (Å²) in [6, 6.07) is 10.2. The molecule has 2 aromatic carbocycles. The first kappa shape index (κ1) is 30.4. The van der Waals surface area contributed by atoms with Gasteiger partial charge in [0.1, 0.15) is 17.6 Å². The number of Topliss-reactive ketones (excluding diaryl/α,β-unsaturated/α-hetero) is 1. The second-order valence-corrected chi connectivity index (χ2v) is 10.8. The maximum atomic E-state index is 13.5. The third kappa shape index (κ3) is 6.70. The zero-order valence-electron chi connectivity index (χ0n) is 25.1. The summed E-state index contributed by atoms with van der Waals surface area (Å²) >= 11 is 0. The summed E-state index contributed by atoms with van der Waals surface area (Å²) in [4.78, 5) is 30.9. The highest BCUT2D eigenvalue weighted by molar-refractivity contribution is 6.46. The van der Waals surface area contributed by atoms with Crippen molar-refractivity contribution >= 4 is 17.4 Å². The van der Waals surface area contributed by atoms with Crippen LogP contribution in [0.1, 0.15) is 76.1 Å². The van der Waals surface area contributed by atoms with Gasteiger partial charge in [-0.2, -0.15) is 0 Å². The van der Waals surface area contributed by atoms with Crippen LogP contribution in [-0.4, -0.2) is 72.6 Å². The molecule has 1 N–H and O–H groups in total. The first-order valence-electron chi connectivity index (χ1n) is 14.9. The van der Waals surface area contributed by atoms with Crippen molar-refractivity contribution in [2.45, 2.75) is 71.9 Å². The summed E-state index contributed by atoms with van der Waals surface area (Å²) in [6.07, 6.45) is 4.59. The van der Waals surface area contributed by atoms with Gasteiger partial charge in [-0.3, -0.25) is 9.59 Å². The second-order valence-electron chi connectivity index (χ2n) is 10.8. The van der Waals surface area contributed by atoms with Crippen molar-refractivity contribution in [2.24, 2.45) is 0 Å². The lowest BCUT2D eigenvalue weighted by Crippen LogP contribution is -2.33. The third-order valence-electron chi connectivity index (χ3n) is 7.99. The van der Waals surface area contributed by atoms with E-state index in [0.29, 0.717) is 42.2 Å². The minimum Gasteiger partial charge on any atom is -0.507 e. The molecule has 4 rings (SSSR count). The molecule has 1 saturated heterocycles. The van der Waals surface area contributed by atoms with Gasteiger partial charge in [0.2, 0.25) is 0 Å². The first-order chi connectivity index (χ1) is 19.8. The number of carbonyl (C=O) groups is 2. The number of methoxy groups -OCH3 is 1. The van der Waals surface area contributed by atoms with Crippen LogP contribution in [0, 0.1) is 0 Å². The number of ketones is 1. The van der Waals surface area contributed by atoms with Gasteiger partial charge in [-0.1, -0.05) is 39.7 Å². The molecule has 1 amide bonds. The molecule has 41 heavy (non-hydrogen) atoms. The lowest BCUT2D eigenvalue weighted by Gasteiger charge is -2.27. The molecule has 2 aliphatic heterocycles. The van der Waals surface area contributed by atoms with Crippen molar-refractivity contribution in [3.63, 3.8) is 0 Å². The van der Waals surface area contributed by atoms with E-state index in [1.807, 2.05) is 37.3 Å². The van der Waals surface area contributed by atoms with Crippen LogP contribution in [0.5, 0.6) is 17.2 Å². The summed E-state index contributed by atoms with van der Waals surface area (Å²) < 4.78 is 17.5. The van der Waals surface area contributed by atoms with Gasteiger partial charge < -0.3 is 29.1 Å². The first-order valence-corrected chi connectivity index (χ1v) is 14.9. The lowest BCUT2D eigenvalue weighted by molar-refractivity contribution is -0.140. The van der Waals surface area contributed by atoms with E-state index in [-0.39, 0.29) is 17.4 Å². The Bertz CT molecular complexity index is 1270. The number of nitrogens with zero attached hydrogens (tertiary/aromatic N) is 2. The van der Waals surface area contributed by atoms with Gasteiger partial charge in [-0.05, 0) is 80.9 Å². The molecule has 0 radical (unpaired) electrons. The van der Waals surface area contributed by atoms with E-state index in [4.69, 9.17) is 14.2 Å². The van der Waals surface area contributed by atoms with Crippen LogP contribution in [0.25, 0.3) is 5.76 Å². The van der Waals surface area contributed by atoms with Crippen molar-refractivity contribution in [2.75, 3.05) is 39.9 Å². The molecule has 2 aromatic rings. The van der Waals surface area contributed by atoms with Crippen LogP contribution in [0.15, 0.2) is 42.0 Å². The number of amides is 1. The summed E-state index contributed by atoms with van der Waals surface area (Å²) in [5.74, 6) is 0.449. The minimum atomic E-state index is -0.752. The van der Waals surface area contributed by atoms with Crippen molar-refractivity contribution in [3.05, 3.63) is 58.7 Å². The maximum absolute atomic E-state index is 13.5. The molecular weight excluding hydrogens is 520 g/mol. The van der Waals surface area contributed by atoms with Gasteiger partial charge in [0.05, 0.1) is 25.3 Å². The summed E-state index contributed by atoms with van der Waals surface area (Å²) in [5, 5.41) is 11.6. The quantitative estimate of drug-likeness (QED) is 0.135. The number of hydrogen-bond acceptors (Lipinski definition) is 7. The SMILES string of the molecule is CCCCCOc1ccc([C@H]2/C(=C(\O)c3ccc4c(c3)C[C@@H](C)O4)C(=O)C(=O)N2CCCN(CC)CC)cc1OC. The third-order valence-corrected chi connectivity index (χ3v) is 7.99. The fourth-order valence-corrected chi connectivity index (χ4v) is 5.69. The maximum Gasteiger partial charge on any atom is 0.295 e. The lowest BCUT2D eigenvalue weighted by atomic mass is 9.94. The molecule has 0 bridgehead atoms. The second kappa shape index (κ2) is 13.9. The predicted octanol–water partition coefficient (Wildman–Crippen LogP) is 5.74. The monoisotopic (exact) mass is 564 g/mol. The fourth-order valence-electron chi connectivity index (χ4n) is 5.69. The largest absolute Gasteiger partial charge is 0.507 e. The number of carbonyl (C=O) groups excluding carboxylic acids is 2. The van der Waals surface area contributed by atoms with Crippen LogP contribution in [0.3, 0.4) is 0 Å². The highest BCUT2D eigenvalue weighted by Gasteiger charge is 2.46. The van der Waals surface area contributed by atoms with Gasteiger partial charge in [0.25, 0.3) is 11.7 Å². The van der Waals surface area contributed by atoms with Crippen LogP contribution in [0.4, 0.5) is 0 Å². The average molecular weight is 565 g/mol. The van der Waals surface area contributed by atoms with Crippen molar-refractivity contribution < 1.29 is 28.9 Å². The topological polar surface area (TPSA) is 88.5 Å². The molecule has 0 spiro atoms. The Labute approximate surface area is 243 Å². The number of ether oxygens (including phenoxy) is 3. The smallest absolute Gasteiger partial charge is 0.295 e. The van der Waals surface area contributed by atoms with Gasteiger partial charge in [-0.15, -0.1) is 0 Å². The van der Waals surface area contributed by atoms with Crippen LogP contribution < -0.4 is 14.2 Å². The average Bonchev–Trinajstić information content (AvgIpc) is 3.48. The Morgan fingerprint density at radius 3 is 2.54 bits per heavy atom. The standard InChI is InChI=1S/C33H44N2O6/c1-6-9-10-18-40-27-15-12-23(21-28(27)39-5)30-29(31(36)24-13-14-26-25(20-24)19-22(4)41-26)32(37)33(38)35(30)17-11-16-34(7-2)8-3/h12-15,20-22,30,36H,6-11,16-19H2,1-5H3/b31-29+/t22-,30+/m1/s1. The summed E-state index contributed by atoms with van der Waals surface area (Å²) in [5.41, 5.74) is 2.24. The molecule has 2 atom stereocenters. The normalized spacial score (nSPS) is 19.5. The number of rotatable bonds is 14. The van der Waals surface area contributed by atoms with E-state index in [1.54, 1.807) is 18.1 Å². The Morgan fingerprint density at radius 2 is 1.83 bits per heavy atom. The fraction of sp³-hybridized carbons (Fsp3) is 0.515. The number of aliphatic hydroxyl groups is 1. The van der Waals surface area contributed by atoms with E-state index < -0.39 is 17.7 Å². The molecule has 0 aromatic heterocycles. The Morgan fingerprint density at radius 1 is 1.05 bits per heavy atom. The molecule has 8 nitrogen and oxygen atoms in total. The van der Waals surface area contributed by atoms with Gasteiger partial charge in [0.15, 0.2) is 11.5 Å². The molecule has 1 fully saturated rings. The van der Waals surface area contributed by atoms with Crippen LogP contribution >= 0.6 is 0 Å². The zero-order chi connectivity index (χ0) is 29.5. The molecule has 2 aliphatic rings. The number of hydrogen-bond donors (Lipinski definition) is 1. The van der Waals surface area contributed by atoms with Crippen molar-refractivity contribution in [3.8, 4) is 17.2 Å². The van der Waals surface area contributed by atoms with E-state index in [0.717, 1.165) is 56.6 Å². The number of fused-ring (bicyclic) bond motifs is 1. The molecule has 2 heterocycles. The van der Waals surface area contributed by atoms with E-state index >= 15 is 0 Å². The van der Waals surface area contributed by atoms with Crippen molar-refractivity contribution in [1.82, 2.24) is 9.80 Å². The highest BCUT2D eigenvalue weighted by Crippen LogP contribution is 2.43. The summed E-state index contributed by atoms with van der Waals surface area (Å²) in [7, 11) is 1.58. The molecule has 0 aliphatic carbocycles. The predicted molar refractivity (Wildman–Crippen MR) is 160 cm³/mol. The van der Waals surface area contributed by atoms with Gasteiger partial charge in [0, 0.05) is 18.5 Å². The number of aliphatic hydroxyl groups excluding tert-OH is 1. The Balaban J connectivity index is 1.73. The summed E-state index contributed by atoms with van der Waals surface area (Å²) in [6.45, 7) is 11.9. The Kier molecular flexibility index (Phi) is 10.3. The van der Waals surface area contributed by atoms with Gasteiger partial charge >= 0.3 is 0 Å². The minimum absolute atomic E-state index is 0.0500. The number of unbranched alkanes of at least 4 members (excludes halogenated alkanes) is 2. The van der Waals surface area contributed by atoms with Crippen LogP contribution in [-0.2, 0) is 16.0 Å². The van der Waals surface area contributed by atoms with E-state index in [1.165, 1.54) is 0 Å². The van der Waals surface area contributed by atoms with Crippen molar-refractivity contribution in [1.29, 1.82) is 0 Å². The van der Waals surface area contributed by atoms with Crippen LogP contribution in [0.2, 0.25) is 0 Å². The molecular formula is C33H44N2O6. The Hall–Kier alpha value is -3.52. The molecule has 222 valence electrons. The van der Waals surface area contributed by atoms with Gasteiger partial charge in [-0.25, -0.2) is 0 Å². The molecule has 8 heteroatoms.